The highest BCUT2D eigenvalue weighted by Gasteiger charge is 2.10. The van der Waals surface area contributed by atoms with Gasteiger partial charge in [-0.15, -0.1) is 11.6 Å². The SMILES string of the molecule is CCCCCCCCCC(Cl)c1cccc2ccccc12. The van der Waals surface area contributed by atoms with E-state index in [0.29, 0.717) is 0 Å². The quantitative estimate of drug-likeness (QED) is 0.338. The molecule has 21 heavy (non-hydrogen) atoms. The van der Waals surface area contributed by atoms with E-state index >= 15 is 0 Å². The maximum absolute atomic E-state index is 6.65. The van der Waals surface area contributed by atoms with Crippen LogP contribution in [0.3, 0.4) is 0 Å². The Morgan fingerprint density at radius 1 is 0.810 bits per heavy atom. The van der Waals surface area contributed by atoms with E-state index in [2.05, 4.69) is 49.4 Å². The average molecular weight is 303 g/mol. The van der Waals surface area contributed by atoms with Gasteiger partial charge in [0, 0.05) is 0 Å². The van der Waals surface area contributed by atoms with Crippen molar-refractivity contribution in [2.75, 3.05) is 0 Å². The van der Waals surface area contributed by atoms with E-state index < -0.39 is 0 Å². The smallest absolute Gasteiger partial charge is 0.0591 e. The van der Waals surface area contributed by atoms with Gasteiger partial charge in [-0.25, -0.2) is 0 Å². The summed E-state index contributed by atoms with van der Waals surface area (Å²) in [4.78, 5) is 0. The maximum Gasteiger partial charge on any atom is 0.0591 e. The van der Waals surface area contributed by atoms with Gasteiger partial charge >= 0.3 is 0 Å². The molecule has 0 spiro atoms. The number of unbranched alkanes of at least 4 members (excludes halogenated alkanes) is 6. The molecule has 0 nitrogen and oxygen atoms in total. The Labute approximate surface area is 134 Å². The first-order valence-electron chi connectivity index (χ1n) is 8.44. The van der Waals surface area contributed by atoms with Crippen LogP contribution in [0.2, 0.25) is 0 Å². The fraction of sp³-hybridized carbons (Fsp3) is 0.500. The summed E-state index contributed by atoms with van der Waals surface area (Å²) in [7, 11) is 0. The molecule has 0 heterocycles. The summed E-state index contributed by atoms with van der Waals surface area (Å²) in [5, 5.41) is 2.75. The molecular weight excluding hydrogens is 276 g/mol. The number of halogens is 1. The lowest BCUT2D eigenvalue weighted by Crippen LogP contribution is -1.93. The van der Waals surface area contributed by atoms with Gasteiger partial charge in [0.1, 0.15) is 0 Å². The molecule has 0 bridgehead atoms. The second kappa shape index (κ2) is 9.10. The Balaban J connectivity index is 1.81. The molecule has 114 valence electrons. The van der Waals surface area contributed by atoms with E-state index in [9.17, 15) is 0 Å². The Hall–Kier alpha value is -1.01. The lowest BCUT2D eigenvalue weighted by molar-refractivity contribution is 0.572. The van der Waals surface area contributed by atoms with Crippen LogP contribution in [0.25, 0.3) is 10.8 Å². The van der Waals surface area contributed by atoms with E-state index in [1.807, 2.05) is 0 Å². The summed E-state index contributed by atoms with van der Waals surface area (Å²) < 4.78 is 0. The standard InChI is InChI=1S/C20H27Cl/c1-2-3-4-5-6-7-8-16-20(21)19-15-11-13-17-12-9-10-14-18(17)19/h9-15,20H,2-8,16H2,1H3. The van der Waals surface area contributed by atoms with Gasteiger partial charge in [0.05, 0.1) is 5.38 Å². The van der Waals surface area contributed by atoms with Crippen molar-refractivity contribution in [2.45, 2.75) is 63.7 Å². The van der Waals surface area contributed by atoms with Gasteiger partial charge in [0.25, 0.3) is 0 Å². The topological polar surface area (TPSA) is 0 Å². The second-order valence-corrected chi connectivity index (χ2v) is 6.47. The van der Waals surface area contributed by atoms with E-state index in [-0.39, 0.29) is 5.38 Å². The van der Waals surface area contributed by atoms with Crippen LogP contribution < -0.4 is 0 Å². The van der Waals surface area contributed by atoms with Gasteiger partial charge in [-0.1, -0.05) is 94.3 Å². The Bertz CT molecular complexity index is 527. The highest BCUT2D eigenvalue weighted by atomic mass is 35.5. The third kappa shape index (κ3) is 5.04. The average Bonchev–Trinajstić information content (AvgIpc) is 2.53. The summed E-state index contributed by atoms with van der Waals surface area (Å²) in [5.74, 6) is 0. The number of benzene rings is 2. The maximum atomic E-state index is 6.65. The molecule has 2 aromatic carbocycles. The first-order valence-corrected chi connectivity index (χ1v) is 8.88. The van der Waals surface area contributed by atoms with E-state index in [1.165, 1.54) is 61.3 Å². The predicted octanol–water partition coefficient (Wildman–Crippen LogP) is 7.26. The molecule has 2 aromatic rings. The summed E-state index contributed by atoms with van der Waals surface area (Å²) in [6, 6.07) is 15.0. The van der Waals surface area contributed by atoms with Crippen molar-refractivity contribution in [1.82, 2.24) is 0 Å². The molecule has 2 rings (SSSR count). The van der Waals surface area contributed by atoms with Gasteiger partial charge < -0.3 is 0 Å². The molecule has 0 N–H and O–H groups in total. The van der Waals surface area contributed by atoms with Crippen molar-refractivity contribution in [3.05, 3.63) is 48.0 Å². The molecule has 0 radical (unpaired) electrons. The molecule has 0 saturated heterocycles. The number of fused-ring (bicyclic) bond motifs is 1. The van der Waals surface area contributed by atoms with Gasteiger partial charge in [0.15, 0.2) is 0 Å². The lowest BCUT2D eigenvalue weighted by atomic mass is 9.98. The summed E-state index contributed by atoms with van der Waals surface area (Å²) in [5.41, 5.74) is 1.29. The lowest BCUT2D eigenvalue weighted by Gasteiger charge is -2.13. The summed E-state index contributed by atoms with van der Waals surface area (Å²) in [6.07, 6.45) is 10.5. The predicted molar refractivity (Wildman–Crippen MR) is 95.2 cm³/mol. The van der Waals surface area contributed by atoms with Crippen LogP contribution in [0.4, 0.5) is 0 Å². The fourth-order valence-corrected chi connectivity index (χ4v) is 3.30. The van der Waals surface area contributed by atoms with Gasteiger partial charge in [-0.3, -0.25) is 0 Å². The molecular formula is C20H27Cl. The van der Waals surface area contributed by atoms with Crippen molar-refractivity contribution in [3.63, 3.8) is 0 Å². The molecule has 1 atom stereocenters. The normalized spacial score (nSPS) is 12.7. The van der Waals surface area contributed by atoms with Crippen molar-refractivity contribution < 1.29 is 0 Å². The van der Waals surface area contributed by atoms with Gasteiger partial charge in [-0.05, 0) is 22.8 Å². The molecule has 0 aromatic heterocycles. The van der Waals surface area contributed by atoms with Crippen molar-refractivity contribution in [2.24, 2.45) is 0 Å². The zero-order valence-corrected chi connectivity index (χ0v) is 13.9. The largest absolute Gasteiger partial charge is 0.118 e. The third-order valence-electron chi connectivity index (χ3n) is 4.22. The third-order valence-corrected chi connectivity index (χ3v) is 4.68. The molecule has 0 fully saturated rings. The van der Waals surface area contributed by atoms with Crippen LogP contribution in [-0.2, 0) is 0 Å². The minimum atomic E-state index is 0.145. The van der Waals surface area contributed by atoms with Crippen LogP contribution in [0.1, 0.15) is 69.2 Å². The Morgan fingerprint density at radius 2 is 1.48 bits per heavy atom. The highest BCUT2D eigenvalue weighted by Crippen LogP contribution is 2.32. The van der Waals surface area contributed by atoms with Gasteiger partial charge in [-0.2, -0.15) is 0 Å². The van der Waals surface area contributed by atoms with Crippen LogP contribution >= 0.6 is 11.6 Å². The van der Waals surface area contributed by atoms with Crippen LogP contribution in [0.15, 0.2) is 42.5 Å². The molecule has 0 saturated carbocycles. The van der Waals surface area contributed by atoms with Crippen molar-refractivity contribution in [3.8, 4) is 0 Å². The Morgan fingerprint density at radius 3 is 2.29 bits per heavy atom. The van der Waals surface area contributed by atoms with E-state index in [0.717, 1.165) is 6.42 Å². The number of alkyl halides is 1. The van der Waals surface area contributed by atoms with Crippen LogP contribution in [0, 0.1) is 0 Å². The minimum Gasteiger partial charge on any atom is -0.118 e. The zero-order chi connectivity index (χ0) is 14.9. The monoisotopic (exact) mass is 302 g/mol. The molecule has 0 aliphatic carbocycles. The molecule has 0 aliphatic rings. The van der Waals surface area contributed by atoms with Crippen LogP contribution in [-0.4, -0.2) is 0 Å². The van der Waals surface area contributed by atoms with Crippen molar-refractivity contribution >= 4 is 22.4 Å². The Kier molecular flexibility index (Phi) is 7.09. The molecule has 1 heteroatoms. The highest BCUT2D eigenvalue weighted by molar-refractivity contribution is 6.21. The summed E-state index contributed by atoms with van der Waals surface area (Å²) >= 11 is 6.65. The first-order chi connectivity index (χ1) is 10.3. The summed E-state index contributed by atoms with van der Waals surface area (Å²) in [6.45, 7) is 2.27. The fourth-order valence-electron chi connectivity index (χ4n) is 2.96. The molecule has 1 unspecified atom stereocenters. The number of hydrogen-bond acceptors (Lipinski definition) is 0. The first kappa shape index (κ1) is 16.4. The van der Waals surface area contributed by atoms with E-state index in [4.69, 9.17) is 11.6 Å². The molecule has 0 amide bonds. The number of hydrogen-bond donors (Lipinski definition) is 0. The number of rotatable bonds is 9. The minimum absolute atomic E-state index is 0.145. The molecule has 0 aliphatic heterocycles. The zero-order valence-electron chi connectivity index (χ0n) is 13.2. The second-order valence-electron chi connectivity index (χ2n) is 5.95. The van der Waals surface area contributed by atoms with Gasteiger partial charge in [0.2, 0.25) is 0 Å². The van der Waals surface area contributed by atoms with E-state index in [1.54, 1.807) is 0 Å². The van der Waals surface area contributed by atoms with Crippen molar-refractivity contribution in [1.29, 1.82) is 0 Å². The van der Waals surface area contributed by atoms with Crippen LogP contribution in [0.5, 0.6) is 0 Å².